The van der Waals surface area contributed by atoms with Crippen LogP contribution in [0.2, 0.25) is 0 Å². The van der Waals surface area contributed by atoms with Crippen LogP contribution in [-0.2, 0) is 47.6 Å². The first-order chi connectivity index (χ1) is 21.0. The lowest BCUT2D eigenvalue weighted by Gasteiger charge is -2.64. The third-order valence-corrected chi connectivity index (χ3v) is 10.2. The second-order valence-corrected chi connectivity index (χ2v) is 12.5. The van der Waals surface area contributed by atoms with Crippen molar-refractivity contribution in [2.45, 2.75) is 75.7 Å². The second kappa shape index (κ2) is 11.9. The van der Waals surface area contributed by atoms with Crippen molar-refractivity contribution in [3.63, 3.8) is 0 Å². The lowest BCUT2D eigenvalue weighted by molar-refractivity contribution is -0.276. The fraction of sp³-hybridized carbons (Fsp3) is 0.625. The highest BCUT2D eigenvalue weighted by molar-refractivity contribution is 6.14. The van der Waals surface area contributed by atoms with E-state index >= 15 is 0 Å². The summed E-state index contributed by atoms with van der Waals surface area (Å²) >= 11 is 0. The van der Waals surface area contributed by atoms with Gasteiger partial charge in [0.1, 0.15) is 31.0 Å². The van der Waals surface area contributed by atoms with Crippen LogP contribution in [0.15, 0.2) is 47.3 Å². The number of methoxy groups -OCH3 is 1. The highest BCUT2D eigenvalue weighted by Crippen LogP contribution is 2.59. The highest BCUT2D eigenvalue weighted by atomic mass is 16.6. The molecule has 2 aliphatic carbocycles. The first-order valence-electron chi connectivity index (χ1n) is 15.1. The molecule has 2 saturated heterocycles. The van der Waals surface area contributed by atoms with E-state index in [0.717, 1.165) is 18.3 Å². The molecule has 0 aromatic heterocycles. The summed E-state index contributed by atoms with van der Waals surface area (Å²) in [5.74, 6) is -4.51. The molecule has 1 saturated carbocycles. The van der Waals surface area contributed by atoms with Crippen molar-refractivity contribution in [3.8, 4) is 0 Å². The van der Waals surface area contributed by atoms with E-state index in [1.165, 1.54) is 13.2 Å². The minimum atomic E-state index is -1.40. The summed E-state index contributed by atoms with van der Waals surface area (Å²) < 4.78 is 34.2. The van der Waals surface area contributed by atoms with Gasteiger partial charge in [-0.15, -0.1) is 0 Å². The van der Waals surface area contributed by atoms with Gasteiger partial charge in [0.25, 0.3) is 0 Å². The molecule has 0 aromatic carbocycles. The van der Waals surface area contributed by atoms with Gasteiger partial charge in [-0.2, -0.15) is 0 Å². The van der Waals surface area contributed by atoms with E-state index in [1.807, 2.05) is 26.0 Å². The lowest BCUT2D eigenvalue weighted by Crippen LogP contribution is -2.69. The molecule has 5 aliphatic heterocycles. The van der Waals surface area contributed by atoms with Gasteiger partial charge in [0.05, 0.1) is 35.5 Å². The molecule has 3 fully saturated rings. The maximum atomic E-state index is 13.6. The van der Waals surface area contributed by atoms with Gasteiger partial charge in [0.15, 0.2) is 6.10 Å². The predicted octanol–water partition coefficient (Wildman–Crippen LogP) is 1.44. The number of hydrogen-bond acceptors (Lipinski definition) is 12. The predicted molar refractivity (Wildman–Crippen MR) is 149 cm³/mol. The number of esters is 4. The summed E-state index contributed by atoms with van der Waals surface area (Å²) in [4.78, 5) is 50.8. The molecule has 7 aliphatic rings. The number of hydrogen-bond donors (Lipinski definition) is 2. The van der Waals surface area contributed by atoms with Crippen LogP contribution in [0.5, 0.6) is 0 Å². The number of ether oxygens (including phenoxy) is 6. The molecular formula is C32H38O12. The zero-order chi connectivity index (χ0) is 31.3. The van der Waals surface area contributed by atoms with Gasteiger partial charge in [-0.1, -0.05) is 25.2 Å². The van der Waals surface area contributed by atoms with Crippen molar-refractivity contribution in [1.82, 2.24) is 0 Å². The fourth-order valence-electron chi connectivity index (χ4n) is 7.90. The Morgan fingerprint density at radius 3 is 2.55 bits per heavy atom. The molecule has 2 N–H and O–H groups in total. The van der Waals surface area contributed by atoms with Gasteiger partial charge < -0.3 is 38.6 Å². The van der Waals surface area contributed by atoms with Crippen LogP contribution in [0.4, 0.5) is 0 Å². The van der Waals surface area contributed by atoms with Crippen LogP contribution >= 0.6 is 0 Å². The molecule has 238 valence electrons. The molecule has 0 amide bonds. The van der Waals surface area contributed by atoms with Gasteiger partial charge in [-0.05, 0) is 43.8 Å². The fourth-order valence-corrected chi connectivity index (χ4v) is 7.90. The number of allylic oxidation sites excluding steroid dienone is 1. The van der Waals surface area contributed by atoms with Crippen LogP contribution in [0, 0.1) is 29.6 Å². The van der Waals surface area contributed by atoms with Gasteiger partial charge >= 0.3 is 23.9 Å². The van der Waals surface area contributed by atoms with Crippen LogP contribution in [0.1, 0.15) is 39.5 Å². The maximum Gasteiger partial charge on any atom is 0.346 e. The second-order valence-electron chi connectivity index (χ2n) is 12.5. The summed E-state index contributed by atoms with van der Waals surface area (Å²) in [5.41, 5.74) is -0.212. The molecule has 0 aromatic rings. The van der Waals surface area contributed by atoms with Crippen molar-refractivity contribution < 1.29 is 57.8 Å². The Hall–Kier alpha value is -3.32. The number of carbonyl (C=O) groups is 4. The average Bonchev–Trinajstić information content (AvgIpc) is 3.26. The molecule has 1 spiro atoms. The number of carbonyl (C=O) groups excluding carboxylic acids is 4. The summed E-state index contributed by atoms with van der Waals surface area (Å²) in [6.45, 7) is 3.25. The van der Waals surface area contributed by atoms with Gasteiger partial charge in [0, 0.05) is 31.3 Å². The monoisotopic (exact) mass is 614 g/mol. The molecule has 0 radical (unpaired) electrons. The first-order valence-corrected chi connectivity index (χ1v) is 15.1. The van der Waals surface area contributed by atoms with Crippen LogP contribution in [0.3, 0.4) is 0 Å². The van der Waals surface area contributed by atoms with Crippen molar-refractivity contribution in [1.29, 1.82) is 0 Å². The third-order valence-electron chi connectivity index (χ3n) is 10.2. The number of aliphatic hydroxyl groups is 2. The van der Waals surface area contributed by atoms with E-state index in [2.05, 4.69) is 10.8 Å². The third kappa shape index (κ3) is 5.11. The van der Waals surface area contributed by atoms with Crippen molar-refractivity contribution in [3.05, 3.63) is 47.3 Å². The Morgan fingerprint density at radius 2 is 1.80 bits per heavy atom. The average molecular weight is 615 g/mol. The van der Waals surface area contributed by atoms with Crippen LogP contribution in [-0.4, -0.2) is 90.5 Å². The largest absolute Gasteiger partial charge is 0.498 e. The Kier molecular flexibility index (Phi) is 8.29. The van der Waals surface area contributed by atoms with Crippen molar-refractivity contribution >= 4 is 23.9 Å². The Labute approximate surface area is 254 Å². The number of cyclic esters (lactones) is 3. The molecule has 12 nitrogen and oxygen atoms in total. The Balaban J connectivity index is 1.39. The van der Waals surface area contributed by atoms with Crippen LogP contribution < -0.4 is 0 Å². The molecule has 4 bridgehead atoms. The SMILES string of the molecule is CO[C@H]1C[C@H]2C=C[C@@H]3C[C@H]4O[C@]2(/C(C)=C\[C@H]2COC(=O)CCC5=C(/C=C/OC[C@@H](O)[C@H]2OC1=O)C(=O)OC5=O)[C@@H]3[C@H](O)[C@H]4C. The normalized spacial score (nSPS) is 44.4. The zero-order valence-electron chi connectivity index (χ0n) is 24.9. The lowest BCUT2D eigenvalue weighted by atomic mass is 9.52. The van der Waals surface area contributed by atoms with Crippen molar-refractivity contribution in [2.75, 3.05) is 20.3 Å². The highest BCUT2D eigenvalue weighted by Gasteiger charge is 2.64. The van der Waals surface area contributed by atoms with Gasteiger partial charge in [-0.25, -0.2) is 14.4 Å². The Morgan fingerprint density at radius 1 is 1.00 bits per heavy atom. The van der Waals surface area contributed by atoms with Gasteiger partial charge in [0.2, 0.25) is 0 Å². The quantitative estimate of drug-likeness (QED) is 0.189. The zero-order valence-corrected chi connectivity index (χ0v) is 24.9. The maximum absolute atomic E-state index is 13.6. The minimum absolute atomic E-state index is 0.0265. The minimum Gasteiger partial charge on any atom is -0.498 e. The van der Waals surface area contributed by atoms with Crippen LogP contribution in [0.25, 0.3) is 0 Å². The molecule has 0 unspecified atom stereocenters. The molecular weight excluding hydrogens is 576 g/mol. The van der Waals surface area contributed by atoms with Gasteiger partial charge in [-0.3, -0.25) is 4.79 Å². The van der Waals surface area contributed by atoms with E-state index in [0.29, 0.717) is 0 Å². The summed E-state index contributed by atoms with van der Waals surface area (Å²) in [7, 11) is 1.41. The smallest absolute Gasteiger partial charge is 0.346 e. The van der Waals surface area contributed by atoms with E-state index in [9.17, 15) is 29.4 Å². The van der Waals surface area contributed by atoms with E-state index < -0.39 is 59.8 Å². The number of fused-ring (bicyclic) bond motifs is 2. The van der Waals surface area contributed by atoms with Crippen molar-refractivity contribution in [2.24, 2.45) is 29.6 Å². The molecule has 7 rings (SSSR count). The standard InChI is InChI=1S/C32H38O12/c1-15-10-18-13-41-25(34)7-6-20-21(30(37)43-29(20)36)8-9-40-14-22(33)28(18)42-31(38)24(39-3)12-19-5-4-17-11-23-16(2)27(35)26(17)32(15,19)44-23/h4-5,8-10,16-19,22-24,26-28,33,35H,6-7,11-14H2,1-3H3/b9-8+,15-10-/t16-,17+,18-,19+,22+,23+,24-,26-,27+,28-,32-/m0/s1. The summed E-state index contributed by atoms with van der Waals surface area (Å²) in [6, 6.07) is 0. The summed E-state index contributed by atoms with van der Waals surface area (Å²) in [5, 5.41) is 22.8. The summed E-state index contributed by atoms with van der Waals surface area (Å²) in [6.07, 6.45) is 4.57. The number of aliphatic hydroxyl groups excluding tert-OH is 2. The Bertz CT molecular complexity index is 1340. The van der Waals surface area contributed by atoms with E-state index in [1.54, 1.807) is 0 Å². The molecule has 12 heteroatoms. The van der Waals surface area contributed by atoms with E-state index in [-0.39, 0.29) is 73.4 Å². The van der Waals surface area contributed by atoms with E-state index in [4.69, 9.17) is 23.7 Å². The topological polar surface area (TPSA) is 164 Å². The number of rotatable bonds is 1. The first kappa shape index (κ1) is 30.7. The molecule has 5 heterocycles. The molecule has 11 atom stereocenters. The molecule has 44 heavy (non-hydrogen) atoms.